The molecule has 0 bridgehead atoms. The molecule has 0 unspecified atom stereocenters. The van der Waals surface area contributed by atoms with Gasteiger partial charge in [-0.3, -0.25) is 0 Å². The molecular weight excluding hydrogens is 272 g/mol. The molecule has 0 amide bonds. The Labute approximate surface area is 101 Å². The topological polar surface area (TPSA) is 63.8 Å². The van der Waals surface area contributed by atoms with Crippen molar-refractivity contribution in [3.05, 3.63) is 40.2 Å². The maximum atomic E-state index is 4.86. The van der Waals surface area contributed by atoms with Gasteiger partial charge in [0.15, 0.2) is 5.82 Å². The van der Waals surface area contributed by atoms with Gasteiger partial charge < -0.3 is 9.84 Å². The van der Waals surface area contributed by atoms with Gasteiger partial charge in [-0.1, -0.05) is 11.2 Å². The smallest absolute Gasteiger partial charge is 0.223 e. The van der Waals surface area contributed by atoms with Gasteiger partial charge in [-0.05, 0) is 28.1 Å². The van der Waals surface area contributed by atoms with Gasteiger partial charge >= 0.3 is 0 Å². The summed E-state index contributed by atoms with van der Waals surface area (Å²) in [6, 6.07) is 5.80. The van der Waals surface area contributed by atoms with Crippen LogP contribution in [-0.4, -0.2) is 15.1 Å². The third-order valence-electron chi connectivity index (χ3n) is 1.93. The molecule has 2 rings (SSSR count). The van der Waals surface area contributed by atoms with Crippen LogP contribution in [0.15, 0.2) is 27.3 Å². The lowest BCUT2D eigenvalue weighted by molar-refractivity contribution is 0.385. The Kier molecular flexibility index (Phi) is 3.63. The summed E-state index contributed by atoms with van der Waals surface area (Å²) in [6.07, 6.45) is 0. The second-order valence-electron chi connectivity index (χ2n) is 3.28. The fourth-order valence-corrected chi connectivity index (χ4v) is 1.64. The molecule has 0 aliphatic heterocycles. The first-order valence-electron chi connectivity index (χ1n) is 4.85. The lowest BCUT2D eigenvalue weighted by atomic mass is 10.3. The van der Waals surface area contributed by atoms with Crippen LogP contribution in [0.3, 0.4) is 0 Å². The molecular formula is C10H11BrN4O. The van der Waals surface area contributed by atoms with Gasteiger partial charge in [-0.25, -0.2) is 4.98 Å². The first-order chi connectivity index (χ1) is 7.74. The first kappa shape index (κ1) is 11.2. The number of hydrogen-bond acceptors (Lipinski definition) is 5. The third kappa shape index (κ3) is 3.11. The Morgan fingerprint density at radius 1 is 1.31 bits per heavy atom. The summed E-state index contributed by atoms with van der Waals surface area (Å²) in [7, 11) is 0. The zero-order valence-corrected chi connectivity index (χ0v) is 10.4. The predicted octanol–water partition coefficient (Wildman–Crippen LogP) is 1.83. The summed E-state index contributed by atoms with van der Waals surface area (Å²) in [5.41, 5.74) is 0.967. The fourth-order valence-electron chi connectivity index (χ4n) is 1.26. The second kappa shape index (κ2) is 5.18. The van der Waals surface area contributed by atoms with Crippen molar-refractivity contribution in [1.29, 1.82) is 0 Å². The minimum atomic E-state index is 0.575. The Morgan fingerprint density at radius 2 is 2.19 bits per heavy atom. The van der Waals surface area contributed by atoms with Crippen LogP contribution in [0.1, 0.15) is 17.4 Å². The van der Waals surface area contributed by atoms with E-state index in [0.29, 0.717) is 24.8 Å². The predicted molar refractivity (Wildman–Crippen MR) is 61.5 cm³/mol. The van der Waals surface area contributed by atoms with Gasteiger partial charge in [-0.2, -0.15) is 4.98 Å². The zero-order valence-electron chi connectivity index (χ0n) is 8.77. The van der Waals surface area contributed by atoms with Gasteiger partial charge in [0.1, 0.15) is 4.60 Å². The van der Waals surface area contributed by atoms with Crippen LogP contribution in [0.5, 0.6) is 0 Å². The lowest BCUT2D eigenvalue weighted by Crippen LogP contribution is -2.14. The highest BCUT2D eigenvalue weighted by Gasteiger charge is 2.01. The number of aryl methyl sites for hydroxylation is 1. The quantitative estimate of drug-likeness (QED) is 0.867. The van der Waals surface area contributed by atoms with Gasteiger partial charge in [0.25, 0.3) is 0 Å². The average Bonchev–Trinajstić information content (AvgIpc) is 2.64. The molecule has 5 nitrogen and oxygen atoms in total. The molecule has 2 heterocycles. The summed E-state index contributed by atoms with van der Waals surface area (Å²) < 4.78 is 5.70. The molecule has 2 aromatic heterocycles. The van der Waals surface area contributed by atoms with Crippen LogP contribution < -0.4 is 5.32 Å². The molecule has 0 spiro atoms. The summed E-state index contributed by atoms with van der Waals surface area (Å²) in [5, 5.41) is 6.98. The van der Waals surface area contributed by atoms with E-state index in [4.69, 9.17) is 4.52 Å². The lowest BCUT2D eigenvalue weighted by Gasteiger charge is -2.01. The third-order valence-corrected chi connectivity index (χ3v) is 2.37. The highest BCUT2D eigenvalue weighted by atomic mass is 79.9. The van der Waals surface area contributed by atoms with E-state index < -0.39 is 0 Å². The molecule has 1 N–H and O–H groups in total. The summed E-state index contributed by atoms with van der Waals surface area (Å²) >= 11 is 3.32. The van der Waals surface area contributed by atoms with Crippen molar-refractivity contribution in [2.24, 2.45) is 0 Å². The molecule has 0 aliphatic carbocycles. The second-order valence-corrected chi connectivity index (χ2v) is 4.10. The number of hydrogen-bond donors (Lipinski definition) is 1. The SMILES string of the molecule is Cc1nc(CNCc2cccc(Br)n2)no1. The number of aromatic nitrogens is 3. The fraction of sp³-hybridized carbons (Fsp3) is 0.300. The van der Waals surface area contributed by atoms with Crippen LogP contribution in [-0.2, 0) is 13.1 Å². The molecule has 2 aromatic rings. The van der Waals surface area contributed by atoms with E-state index in [-0.39, 0.29) is 0 Å². The molecule has 6 heteroatoms. The van der Waals surface area contributed by atoms with Gasteiger partial charge in [-0.15, -0.1) is 0 Å². The van der Waals surface area contributed by atoms with Crippen molar-refractivity contribution in [3.63, 3.8) is 0 Å². The summed E-state index contributed by atoms with van der Waals surface area (Å²) in [6.45, 7) is 3.02. The Balaban J connectivity index is 1.84. The Bertz CT molecular complexity index is 471. The van der Waals surface area contributed by atoms with Crippen molar-refractivity contribution >= 4 is 15.9 Å². The van der Waals surface area contributed by atoms with E-state index in [0.717, 1.165) is 10.3 Å². The molecule has 0 saturated carbocycles. The minimum absolute atomic E-state index is 0.575. The maximum Gasteiger partial charge on any atom is 0.223 e. The standard InChI is InChI=1S/C10H11BrN4O/c1-7-13-10(15-16-7)6-12-5-8-3-2-4-9(11)14-8/h2-4,12H,5-6H2,1H3. The van der Waals surface area contributed by atoms with E-state index in [1.807, 2.05) is 18.2 Å². The van der Waals surface area contributed by atoms with Gasteiger partial charge in [0.2, 0.25) is 5.89 Å². The Hall–Kier alpha value is -1.27. The van der Waals surface area contributed by atoms with Crippen molar-refractivity contribution in [3.8, 4) is 0 Å². The van der Waals surface area contributed by atoms with Gasteiger partial charge in [0, 0.05) is 13.5 Å². The van der Waals surface area contributed by atoms with Crippen LogP contribution in [0.2, 0.25) is 0 Å². The molecule has 0 fully saturated rings. The number of halogens is 1. The number of nitrogens with zero attached hydrogens (tertiary/aromatic N) is 3. The number of pyridine rings is 1. The highest BCUT2D eigenvalue weighted by Crippen LogP contribution is 2.06. The summed E-state index contributed by atoms with van der Waals surface area (Å²) in [5.74, 6) is 1.24. The van der Waals surface area contributed by atoms with Gasteiger partial charge in [0.05, 0.1) is 12.2 Å². The highest BCUT2D eigenvalue weighted by molar-refractivity contribution is 9.10. The molecule has 84 valence electrons. The maximum absolute atomic E-state index is 4.86. The Morgan fingerprint density at radius 3 is 2.88 bits per heavy atom. The molecule has 0 aliphatic rings. The molecule has 16 heavy (non-hydrogen) atoms. The van der Waals surface area contributed by atoms with E-state index in [1.54, 1.807) is 6.92 Å². The molecule has 0 aromatic carbocycles. The van der Waals surface area contributed by atoms with E-state index in [9.17, 15) is 0 Å². The van der Waals surface area contributed by atoms with E-state index in [1.165, 1.54) is 0 Å². The van der Waals surface area contributed by atoms with E-state index >= 15 is 0 Å². The monoisotopic (exact) mass is 282 g/mol. The van der Waals surface area contributed by atoms with Crippen LogP contribution >= 0.6 is 15.9 Å². The van der Waals surface area contributed by atoms with Crippen molar-refractivity contribution in [2.75, 3.05) is 0 Å². The average molecular weight is 283 g/mol. The molecule has 0 saturated heterocycles. The zero-order chi connectivity index (χ0) is 11.4. The van der Waals surface area contributed by atoms with Crippen LogP contribution in [0.4, 0.5) is 0 Å². The normalized spacial score (nSPS) is 10.6. The first-order valence-corrected chi connectivity index (χ1v) is 5.64. The van der Waals surface area contributed by atoms with Crippen molar-refractivity contribution in [1.82, 2.24) is 20.4 Å². The molecule has 0 atom stereocenters. The molecule has 0 radical (unpaired) electrons. The van der Waals surface area contributed by atoms with Crippen molar-refractivity contribution < 1.29 is 4.52 Å². The van der Waals surface area contributed by atoms with E-state index in [2.05, 4.69) is 36.4 Å². The number of rotatable bonds is 4. The summed E-state index contributed by atoms with van der Waals surface area (Å²) in [4.78, 5) is 8.39. The largest absolute Gasteiger partial charge is 0.340 e. The minimum Gasteiger partial charge on any atom is -0.340 e. The number of nitrogens with one attached hydrogen (secondary N) is 1. The van der Waals surface area contributed by atoms with Crippen LogP contribution in [0, 0.1) is 6.92 Å². The van der Waals surface area contributed by atoms with Crippen molar-refractivity contribution in [2.45, 2.75) is 20.0 Å². The van der Waals surface area contributed by atoms with Crippen LogP contribution in [0.25, 0.3) is 0 Å².